The number of aromatic nitrogens is 6. The van der Waals surface area contributed by atoms with E-state index in [4.69, 9.17) is 28.3 Å². The van der Waals surface area contributed by atoms with Gasteiger partial charge in [0.15, 0.2) is 5.96 Å². The topological polar surface area (TPSA) is 902 Å². The van der Waals surface area contributed by atoms with Gasteiger partial charge in [0.25, 0.3) is 0 Å². The first kappa shape index (κ1) is 126. The molecule has 0 saturated carbocycles. The number of nitrogens with two attached hydrogens (primary N) is 4. The van der Waals surface area contributed by atoms with Gasteiger partial charge in [0.05, 0.1) is 50.7 Å². The molecule has 0 radical (unpaired) electrons. The Morgan fingerprint density at radius 3 is 1.37 bits per heavy atom. The smallest absolute Gasteiger partial charge is 0.326 e. The molecule has 834 valence electrons. The molecule has 2 aliphatic rings. The average Bonchev–Trinajstić information content (AvgIpc) is 1.58. The number of rotatable bonds is 69. The van der Waals surface area contributed by atoms with E-state index in [9.17, 15) is 131 Å². The molecule has 20 atom stereocenters. The third-order valence-electron chi connectivity index (χ3n) is 24.4. The van der Waals surface area contributed by atoms with Gasteiger partial charge in [-0.1, -0.05) is 34.1 Å². The van der Waals surface area contributed by atoms with E-state index < -0.39 is 302 Å². The van der Waals surface area contributed by atoms with Crippen LogP contribution in [0.15, 0.2) is 37.6 Å². The Balaban J connectivity index is 1.28. The van der Waals surface area contributed by atoms with Gasteiger partial charge in [0.1, 0.15) is 103 Å². The number of carbonyl (C=O) groups excluding carboxylic acids is 19. The number of aliphatic hydroxyl groups excluding tert-OH is 2. The zero-order valence-electron chi connectivity index (χ0n) is 85.2. The van der Waals surface area contributed by atoms with E-state index in [-0.39, 0.29) is 146 Å². The number of nitrogens with zero attached hydrogens (tertiary/aromatic N) is 5. The zero-order chi connectivity index (χ0) is 112. The summed E-state index contributed by atoms with van der Waals surface area (Å²) in [5.74, 6) is -24.0. The summed E-state index contributed by atoms with van der Waals surface area (Å²) in [7, 11) is 0. The number of H-pyrrole nitrogens is 3. The van der Waals surface area contributed by atoms with Crippen LogP contribution in [0.5, 0.6) is 0 Å². The number of unbranched alkanes of at least 4 members (excludes halogenated alkanes) is 1. The van der Waals surface area contributed by atoms with Crippen LogP contribution >= 0.6 is 23.5 Å². The molecule has 3 aromatic rings. The number of carboxylic acids is 3. The molecule has 57 nitrogen and oxygen atoms in total. The van der Waals surface area contributed by atoms with Gasteiger partial charge in [-0.2, -0.15) is 23.5 Å². The number of hydrogen-bond acceptors (Lipinski definition) is 32. The number of thioether (sulfide) groups is 2. The van der Waals surface area contributed by atoms with Crippen LogP contribution in [-0.4, -0.2) is 380 Å². The first-order valence-electron chi connectivity index (χ1n) is 49.2. The summed E-state index contributed by atoms with van der Waals surface area (Å²) in [6, 6.07) is -28.0. The molecule has 0 aliphatic carbocycles. The molecule has 2 saturated heterocycles. The second kappa shape index (κ2) is 64.9. The van der Waals surface area contributed by atoms with Crippen LogP contribution in [0.3, 0.4) is 0 Å². The number of aromatic amines is 3. The first-order valence-corrected chi connectivity index (χ1v) is 51.9. The molecule has 59 heteroatoms. The Morgan fingerprint density at radius 1 is 0.453 bits per heavy atom. The second-order valence-corrected chi connectivity index (χ2v) is 38.8. The van der Waals surface area contributed by atoms with Gasteiger partial charge in [-0.05, 0) is 153 Å². The van der Waals surface area contributed by atoms with E-state index in [1.54, 1.807) is 40.2 Å². The van der Waals surface area contributed by atoms with Crippen molar-refractivity contribution in [3.8, 4) is 0 Å². The highest BCUT2D eigenvalue weighted by atomic mass is 32.2. The van der Waals surface area contributed by atoms with Crippen LogP contribution in [0.4, 0.5) is 0 Å². The molecule has 5 rings (SSSR count). The third kappa shape index (κ3) is 43.2. The van der Waals surface area contributed by atoms with Crippen LogP contribution in [0, 0.1) is 17.2 Å². The summed E-state index contributed by atoms with van der Waals surface area (Å²) in [6.45, 7) is 8.60. The third-order valence-corrected chi connectivity index (χ3v) is 25.7. The van der Waals surface area contributed by atoms with Crippen molar-refractivity contribution in [1.29, 1.82) is 5.41 Å². The molecular formula is C91H146N30O27S2. The fourth-order valence-electron chi connectivity index (χ4n) is 16.0. The summed E-state index contributed by atoms with van der Waals surface area (Å²) in [5, 5.41) is 101. The number of guanidine groups is 1. The fraction of sp³-hybridized carbons (Fsp3) is 0.648. The van der Waals surface area contributed by atoms with Crippen LogP contribution in [0.25, 0.3) is 0 Å². The molecule has 19 amide bonds. The van der Waals surface area contributed by atoms with Crippen molar-refractivity contribution in [2.24, 2.45) is 34.8 Å². The molecule has 150 heavy (non-hydrogen) atoms. The average molecular weight is 2160 g/mol. The van der Waals surface area contributed by atoms with Crippen molar-refractivity contribution in [1.82, 2.24) is 130 Å². The van der Waals surface area contributed by atoms with E-state index in [0.717, 1.165) is 11.8 Å². The van der Waals surface area contributed by atoms with Crippen molar-refractivity contribution in [2.45, 2.75) is 298 Å². The van der Waals surface area contributed by atoms with Crippen molar-refractivity contribution in [3.63, 3.8) is 0 Å². The highest BCUT2D eigenvalue weighted by Crippen LogP contribution is 2.24. The minimum Gasteiger partial charge on any atom is -0.481 e. The largest absolute Gasteiger partial charge is 0.481 e. The van der Waals surface area contributed by atoms with Gasteiger partial charge in [0.2, 0.25) is 112 Å². The summed E-state index contributed by atoms with van der Waals surface area (Å²) < 4.78 is 0. The molecule has 0 unspecified atom stereocenters. The molecule has 0 aromatic carbocycles. The van der Waals surface area contributed by atoms with E-state index in [2.05, 4.69) is 120 Å². The van der Waals surface area contributed by atoms with E-state index in [1.165, 1.54) is 79.8 Å². The number of primary amides is 1. The standard InChI is InChI=1S/C91H146N30O27S2/c1-10-46(4)71(118-83(140)64(41-122)117-76(133)54(20-22-67(94)124)108-74(131)53(93)24-30-149-8)86(143)116-62(35-52-39-99-44-104-52)82(139)119-72(49(7)123)87(144)105-47(5)73(130)106-48(6)88(145)120-28-15-19-66(120)85(142)115-59(32-45(2)3)78(135)109-55(21-23-69(126)127)75(132)112-61(34-51-38-98-43-103-51)80(137)114-63(36-70(128)129)81(138)113-60(33-50-37-97-42-102-50)79(136)110-57(16-11-12-26-92)89(146)121-29-14-18-65(121)84(141)101-40-68(125)107-56(25-31-150-9)77(134)111-58(90(147)148)17-13-27-100-91(95)96/h37-39,42-49,53-66,71-72,122-123H,10-36,40-41,92-93H2,1-9H3,(H2,94,124)(H,97,102)(H,98,103)(H,99,104)(H,101,141)(H,105,144)(H,106,130)(H,107,125)(H,108,131)(H,109,135)(H,110,136)(H,111,134)(H,112,132)(H,113,138)(H,114,137)(H,115,142)(H,116,143)(H,117,133)(H,118,140)(H,119,139)(H,126,127)(H,128,129)(H,147,148)(H4,95,96,100)/t46-,47-,48-,49+,53-,54-,55-,56-,57-,58-,59-,60-,61-,62-,63-,64-,65-,66-,71-,72-/m0/s1. The lowest BCUT2D eigenvalue weighted by atomic mass is 9.97. The Morgan fingerprint density at radius 2 is 0.887 bits per heavy atom. The lowest BCUT2D eigenvalue weighted by molar-refractivity contribution is -0.143. The van der Waals surface area contributed by atoms with Gasteiger partial charge >= 0.3 is 17.9 Å². The van der Waals surface area contributed by atoms with Gasteiger partial charge in [0, 0.05) is 87.4 Å². The Labute approximate surface area is 872 Å². The van der Waals surface area contributed by atoms with Gasteiger partial charge in [-0.25, -0.2) is 19.7 Å². The molecular weight excluding hydrogens is 2010 g/mol. The minimum atomic E-state index is -2.10. The van der Waals surface area contributed by atoms with Crippen molar-refractivity contribution in [2.75, 3.05) is 63.3 Å². The zero-order valence-corrected chi connectivity index (χ0v) is 86.8. The number of carbonyl (C=O) groups is 22. The maximum absolute atomic E-state index is 14.8. The lowest BCUT2D eigenvalue weighted by Crippen LogP contribution is -2.62. The maximum atomic E-state index is 14.8. The number of carboxylic acid groups (broad SMARTS) is 3. The summed E-state index contributed by atoms with van der Waals surface area (Å²) in [5.41, 5.74) is 23.1. The van der Waals surface area contributed by atoms with Gasteiger partial charge < -0.3 is 164 Å². The summed E-state index contributed by atoms with van der Waals surface area (Å²) >= 11 is 2.75. The SMILES string of the molecule is CC[C@H](C)[C@H](NC(=O)[C@H](CO)NC(=O)[C@H](CCC(N)=O)NC(=O)[C@@H](N)CCSC)C(=O)N[C@@H](Cc1cnc[nH]1)C(=O)N[C@H](C(=O)N[C@@H](C)C(=O)N[C@@H](C)C(=O)N1CCC[C@H]1C(=O)N[C@@H](CC(C)C)C(=O)N[C@@H](CCC(=O)O)C(=O)N[C@@H](Cc1cnc[nH]1)C(=O)N[C@@H](CC(=O)O)C(=O)N[C@@H](Cc1cnc[nH]1)C(=O)N[C@@H](CCCCN)C(=O)N1CCC[C@H]1C(=O)NCC(=O)N[C@@H](CCSC)C(=O)N[C@@H](CCCNC(=N)N)C(=O)O)[C@@H](C)O. The van der Waals surface area contributed by atoms with E-state index in [0.29, 0.717) is 17.9 Å². The van der Waals surface area contributed by atoms with E-state index in [1.807, 2.05) is 0 Å². The number of imidazole rings is 3. The van der Waals surface area contributed by atoms with Crippen molar-refractivity contribution in [3.05, 3.63) is 54.7 Å². The highest BCUT2D eigenvalue weighted by molar-refractivity contribution is 7.98. The molecule has 0 spiro atoms. The summed E-state index contributed by atoms with van der Waals surface area (Å²) in [4.78, 5) is 327. The predicted molar refractivity (Wildman–Crippen MR) is 539 cm³/mol. The quantitative estimate of drug-likeness (QED) is 0.0142. The molecule has 0 bridgehead atoms. The Bertz CT molecular complexity index is 5040. The molecule has 3 aromatic heterocycles. The van der Waals surface area contributed by atoms with Crippen LogP contribution < -0.4 is 113 Å². The second-order valence-electron chi connectivity index (χ2n) is 36.9. The van der Waals surface area contributed by atoms with Crippen LogP contribution in [-0.2, 0) is 125 Å². The lowest BCUT2D eigenvalue weighted by Gasteiger charge is -2.30. The summed E-state index contributed by atoms with van der Waals surface area (Å²) in [6.07, 6.45) is 6.17. The van der Waals surface area contributed by atoms with Crippen molar-refractivity contribution >= 4 is 160 Å². The number of aliphatic hydroxyl groups is 2. The molecule has 5 heterocycles. The number of hydrogen-bond donors (Lipinski definition) is 30. The van der Waals surface area contributed by atoms with Crippen LogP contribution in [0.2, 0.25) is 0 Å². The molecule has 2 aliphatic heterocycles. The number of nitrogens with one attached hydrogen (secondary N) is 21. The predicted octanol–water partition coefficient (Wildman–Crippen LogP) is -9.33. The first-order chi connectivity index (χ1) is 71.0. The highest BCUT2D eigenvalue weighted by Gasteiger charge is 2.45. The number of aliphatic carboxylic acids is 3. The van der Waals surface area contributed by atoms with Gasteiger partial charge in [-0.3, -0.25) is 106 Å². The van der Waals surface area contributed by atoms with Crippen LogP contribution in [0.1, 0.15) is 181 Å². The monoisotopic (exact) mass is 2160 g/mol. The number of likely N-dealkylation sites (tertiary alicyclic amines) is 2. The van der Waals surface area contributed by atoms with Gasteiger partial charge in [-0.15, -0.1) is 0 Å². The van der Waals surface area contributed by atoms with Crippen molar-refractivity contribution < 1.29 is 131 Å². The molecule has 34 N–H and O–H groups in total. The minimum absolute atomic E-state index is 0.00172. The maximum Gasteiger partial charge on any atom is 0.326 e. The van der Waals surface area contributed by atoms with E-state index >= 15 is 0 Å². The fourth-order valence-corrected chi connectivity index (χ4v) is 16.9. The Kier molecular flexibility index (Phi) is 54.6. The molecule has 2 fully saturated rings. The Hall–Kier alpha value is -14.2. The number of amides is 19. The normalized spacial score (nSPS) is 16.8.